The van der Waals surface area contributed by atoms with Crippen molar-refractivity contribution in [1.29, 1.82) is 0 Å². The van der Waals surface area contributed by atoms with Crippen LogP contribution in [0.3, 0.4) is 0 Å². The third kappa shape index (κ3) is 6.15. The molecule has 1 N–H and O–H groups in total. The summed E-state index contributed by atoms with van der Waals surface area (Å²) in [6.07, 6.45) is 1.46. The van der Waals surface area contributed by atoms with E-state index in [1.165, 1.54) is 6.08 Å². The maximum atomic E-state index is 13.3. The van der Waals surface area contributed by atoms with Crippen molar-refractivity contribution in [1.82, 2.24) is 5.32 Å². The van der Waals surface area contributed by atoms with Gasteiger partial charge in [-0.2, -0.15) is 0 Å². The van der Waals surface area contributed by atoms with Crippen LogP contribution in [-0.4, -0.2) is 24.5 Å². The minimum atomic E-state index is -0.778. The molecule has 9 heteroatoms. The summed E-state index contributed by atoms with van der Waals surface area (Å²) in [6, 6.07) is 16.0. The summed E-state index contributed by atoms with van der Waals surface area (Å²) in [5.74, 6) is -0.363. The first-order valence-electron chi connectivity index (χ1n) is 11.5. The van der Waals surface area contributed by atoms with E-state index in [-0.39, 0.29) is 5.57 Å². The number of hydrogen-bond donors (Lipinski definition) is 1. The maximum absolute atomic E-state index is 13.3. The summed E-state index contributed by atoms with van der Waals surface area (Å²) in [5.41, 5.74) is 3.80. The molecular weight excluding hydrogens is 698 g/mol. The van der Waals surface area contributed by atoms with Crippen molar-refractivity contribution in [3.8, 4) is 11.5 Å². The lowest BCUT2D eigenvalue weighted by Crippen LogP contribution is -2.54. The molecule has 1 fully saturated rings. The van der Waals surface area contributed by atoms with Crippen LogP contribution < -0.4 is 19.7 Å². The number of hydrogen-bond acceptors (Lipinski definition) is 5. The molecule has 1 aliphatic rings. The highest BCUT2D eigenvalue weighted by atomic mass is 127. The van der Waals surface area contributed by atoms with Crippen molar-refractivity contribution in [3.05, 3.63) is 89.6 Å². The molecule has 0 aliphatic carbocycles. The Morgan fingerprint density at radius 1 is 0.919 bits per heavy atom. The summed E-state index contributed by atoms with van der Waals surface area (Å²) in [5, 5.41) is 2.27. The van der Waals surface area contributed by atoms with Crippen molar-refractivity contribution in [2.75, 3.05) is 11.5 Å². The molecule has 0 radical (unpaired) electrons. The normalized spacial score (nSPS) is 14.7. The largest absolute Gasteiger partial charge is 0.490 e. The minimum absolute atomic E-state index is 0.149. The fourth-order valence-electron chi connectivity index (χ4n) is 3.73. The molecule has 0 aromatic heterocycles. The Labute approximate surface area is 242 Å². The fourth-order valence-corrected chi connectivity index (χ4v) is 4.87. The predicted octanol–water partition coefficient (Wildman–Crippen LogP) is 6.16. The summed E-state index contributed by atoms with van der Waals surface area (Å²) < 4.78 is 13.8. The van der Waals surface area contributed by atoms with Crippen LogP contribution in [0.2, 0.25) is 0 Å². The molecule has 1 heterocycles. The summed E-state index contributed by atoms with van der Waals surface area (Å²) in [4.78, 5) is 39.5. The van der Waals surface area contributed by atoms with Gasteiger partial charge in [0.05, 0.1) is 15.9 Å². The zero-order valence-corrected chi connectivity index (χ0v) is 24.7. The van der Waals surface area contributed by atoms with Crippen LogP contribution in [0.15, 0.2) is 60.2 Å². The highest BCUT2D eigenvalue weighted by Gasteiger charge is 2.37. The number of ether oxygens (including phenoxy) is 2. The van der Waals surface area contributed by atoms with Gasteiger partial charge in [0.25, 0.3) is 11.8 Å². The van der Waals surface area contributed by atoms with Crippen LogP contribution in [0.4, 0.5) is 10.5 Å². The SMILES string of the molecule is CCOc1cc(/C=C2\C(=O)NC(=O)N(c3ccc(C)c(C)c3)C2=O)cc(I)c1OCc1ccc(I)cc1. The average molecular weight is 722 g/mol. The standard InChI is InChI=1S/C28H24I2N2O5/c1-4-36-24-14-19(13-23(30)25(24)37-15-18-6-8-20(29)9-7-18)12-22-26(33)31-28(35)32(27(22)34)21-10-5-16(2)17(3)11-21/h5-14H,4,15H2,1-3H3,(H,31,33,35)/b22-12+. The number of carbonyl (C=O) groups is 3. The van der Waals surface area contributed by atoms with Gasteiger partial charge < -0.3 is 9.47 Å². The Morgan fingerprint density at radius 2 is 1.65 bits per heavy atom. The molecule has 4 rings (SSSR count). The molecule has 0 unspecified atom stereocenters. The van der Waals surface area contributed by atoms with E-state index in [1.54, 1.807) is 24.3 Å². The molecule has 0 saturated carbocycles. The van der Waals surface area contributed by atoms with Crippen molar-refractivity contribution < 1.29 is 23.9 Å². The minimum Gasteiger partial charge on any atom is -0.490 e. The van der Waals surface area contributed by atoms with Gasteiger partial charge in [0, 0.05) is 3.57 Å². The number of benzene rings is 3. The number of imide groups is 2. The lowest BCUT2D eigenvalue weighted by Gasteiger charge is -2.27. The number of carbonyl (C=O) groups excluding carboxylic acids is 3. The van der Waals surface area contributed by atoms with Crippen LogP contribution in [0.5, 0.6) is 11.5 Å². The summed E-state index contributed by atoms with van der Waals surface area (Å²) in [7, 11) is 0. The number of anilines is 1. The Kier molecular flexibility index (Phi) is 8.53. The zero-order valence-electron chi connectivity index (χ0n) is 20.4. The van der Waals surface area contributed by atoms with Crippen LogP contribution in [0.25, 0.3) is 6.08 Å². The third-order valence-corrected chi connectivity index (χ3v) is 7.31. The number of urea groups is 1. The predicted molar refractivity (Wildman–Crippen MR) is 159 cm³/mol. The van der Waals surface area contributed by atoms with Crippen LogP contribution in [0, 0.1) is 21.0 Å². The second kappa shape index (κ2) is 11.6. The number of nitrogens with one attached hydrogen (secondary N) is 1. The molecule has 3 aromatic carbocycles. The number of amides is 4. The second-order valence-electron chi connectivity index (χ2n) is 8.40. The zero-order chi connectivity index (χ0) is 26.7. The van der Waals surface area contributed by atoms with E-state index in [0.717, 1.165) is 28.7 Å². The topological polar surface area (TPSA) is 84.9 Å². The molecule has 7 nitrogen and oxygen atoms in total. The molecule has 0 bridgehead atoms. The van der Waals surface area contributed by atoms with Gasteiger partial charge >= 0.3 is 6.03 Å². The van der Waals surface area contributed by atoms with Crippen LogP contribution >= 0.6 is 45.2 Å². The van der Waals surface area contributed by atoms with Crippen molar-refractivity contribution in [3.63, 3.8) is 0 Å². The highest BCUT2D eigenvalue weighted by molar-refractivity contribution is 14.1. The number of nitrogens with zero attached hydrogens (tertiary/aromatic N) is 1. The number of halogens is 2. The van der Waals surface area contributed by atoms with Crippen LogP contribution in [0.1, 0.15) is 29.2 Å². The van der Waals surface area contributed by atoms with Crippen molar-refractivity contribution in [2.24, 2.45) is 0 Å². The van der Waals surface area contributed by atoms with Crippen molar-refractivity contribution in [2.45, 2.75) is 27.4 Å². The summed E-state index contributed by atoms with van der Waals surface area (Å²) >= 11 is 4.40. The molecule has 4 amide bonds. The van der Waals surface area contributed by atoms with Crippen molar-refractivity contribution >= 4 is 74.8 Å². The van der Waals surface area contributed by atoms with E-state index in [4.69, 9.17) is 9.47 Å². The van der Waals surface area contributed by atoms with E-state index >= 15 is 0 Å². The Hall–Kier alpha value is -2.93. The quantitative estimate of drug-likeness (QED) is 0.180. The average Bonchev–Trinajstić information content (AvgIpc) is 2.84. The highest BCUT2D eigenvalue weighted by Crippen LogP contribution is 2.36. The van der Waals surface area contributed by atoms with Gasteiger partial charge in [-0.15, -0.1) is 0 Å². The first-order valence-corrected chi connectivity index (χ1v) is 13.7. The maximum Gasteiger partial charge on any atom is 0.335 e. The first-order chi connectivity index (χ1) is 17.7. The van der Waals surface area contributed by atoms with Gasteiger partial charge in [-0.05, 0) is 131 Å². The summed E-state index contributed by atoms with van der Waals surface area (Å²) in [6.45, 7) is 6.47. The number of rotatable bonds is 7. The van der Waals surface area contributed by atoms with E-state index < -0.39 is 17.8 Å². The lowest BCUT2D eigenvalue weighted by atomic mass is 10.0. The van der Waals surface area contributed by atoms with E-state index in [0.29, 0.717) is 36.0 Å². The molecule has 1 saturated heterocycles. The molecule has 0 spiro atoms. The van der Waals surface area contributed by atoms with Gasteiger partial charge in [-0.25, -0.2) is 9.69 Å². The van der Waals surface area contributed by atoms with Gasteiger partial charge in [0.15, 0.2) is 11.5 Å². The molecule has 0 atom stereocenters. The van der Waals surface area contributed by atoms with Crippen LogP contribution in [-0.2, 0) is 16.2 Å². The van der Waals surface area contributed by atoms with E-state index in [9.17, 15) is 14.4 Å². The molecule has 37 heavy (non-hydrogen) atoms. The van der Waals surface area contributed by atoms with Gasteiger partial charge in [-0.3, -0.25) is 14.9 Å². The third-order valence-electron chi connectivity index (χ3n) is 5.79. The molecule has 190 valence electrons. The molecule has 3 aromatic rings. The van der Waals surface area contributed by atoms with Gasteiger partial charge in [0.2, 0.25) is 0 Å². The molecular formula is C28H24I2N2O5. The second-order valence-corrected chi connectivity index (χ2v) is 10.8. The van der Waals surface area contributed by atoms with E-state index in [2.05, 4.69) is 50.5 Å². The first kappa shape index (κ1) is 27.1. The van der Waals surface area contributed by atoms with E-state index in [1.807, 2.05) is 51.1 Å². The number of aryl methyl sites for hydroxylation is 2. The molecule has 1 aliphatic heterocycles. The lowest BCUT2D eigenvalue weighted by molar-refractivity contribution is -0.122. The Morgan fingerprint density at radius 3 is 2.32 bits per heavy atom. The Bertz CT molecular complexity index is 1420. The number of barbiturate groups is 1. The monoisotopic (exact) mass is 722 g/mol. The van der Waals surface area contributed by atoms with Gasteiger partial charge in [-0.1, -0.05) is 18.2 Å². The Balaban J connectivity index is 1.66. The fraction of sp³-hybridized carbons (Fsp3) is 0.179. The van der Waals surface area contributed by atoms with Gasteiger partial charge in [0.1, 0.15) is 12.2 Å². The smallest absolute Gasteiger partial charge is 0.335 e.